The number of aromatic amines is 1. The van der Waals surface area contributed by atoms with E-state index in [9.17, 15) is 4.79 Å². The summed E-state index contributed by atoms with van der Waals surface area (Å²) >= 11 is 0. The zero-order valence-electron chi connectivity index (χ0n) is 11.2. The number of para-hydroxylation sites is 1. The van der Waals surface area contributed by atoms with Gasteiger partial charge in [0.05, 0.1) is 17.8 Å². The van der Waals surface area contributed by atoms with E-state index in [4.69, 9.17) is 10.8 Å². The minimum Gasteiger partial charge on any atom is -0.397 e. The summed E-state index contributed by atoms with van der Waals surface area (Å²) in [5.41, 5.74) is 7.76. The lowest BCUT2D eigenvalue weighted by molar-refractivity contribution is 0.0660. The van der Waals surface area contributed by atoms with Crippen molar-refractivity contribution in [2.24, 2.45) is 0 Å². The van der Waals surface area contributed by atoms with Crippen LogP contribution in [0.4, 0.5) is 5.69 Å². The molecular formula is C14H19N3O2. The molecule has 0 atom stereocenters. The third-order valence-electron chi connectivity index (χ3n) is 3.14. The summed E-state index contributed by atoms with van der Waals surface area (Å²) in [5, 5.41) is 9.95. The topological polar surface area (TPSA) is 82.3 Å². The Bertz CT molecular complexity index is 589. The van der Waals surface area contributed by atoms with Gasteiger partial charge in [-0.25, -0.2) is 0 Å². The first-order valence-corrected chi connectivity index (χ1v) is 6.33. The molecule has 4 N–H and O–H groups in total. The molecule has 0 unspecified atom stereocenters. The molecule has 2 aromatic rings. The summed E-state index contributed by atoms with van der Waals surface area (Å²) < 4.78 is 0. The van der Waals surface area contributed by atoms with Crippen LogP contribution in [-0.4, -0.2) is 40.1 Å². The SMILES string of the molecule is CC(C)N(CCO)C(=O)c1cc2cccc(N)c2[nH]1. The molecule has 0 aliphatic carbocycles. The van der Waals surface area contributed by atoms with Gasteiger partial charge in [0.1, 0.15) is 5.69 Å². The zero-order valence-corrected chi connectivity index (χ0v) is 11.2. The van der Waals surface area contributed by atoms with Crippen molar-refractivity contribution in [3.05, 3.63) is 30.0 Å². The number of nitrogens with two attached hydrogens (primary N) is 1. The van der Waals surface area contributed by atoms with Gasteiger partial charge in [0.25, 0.3) is 5.91 Å². The molecule has 0 saturated heterocycles. The van der Waals surface area contributed by atoms with Crippen LogP contribution in [0.15, 0.2) is 24.3 Å². The molecule has 102 valence electrons. The molecule has 1 aromatic heterocycles. The Morgan fingerprint density at radius 3 is 2.79 bits per heavy atom. The molecule has 0 radical (unpaired) electrons. The third kappa shape index (κ3) is 2.56. The van der Waals surface area contributed by atoms with Gasteiger partial charge in [0.2, 0.25) is 0 Å². The first-order chi connectivity index (χ1) is 9.04. The fourth-order valence-corrected chi connectivity index (χ4v) is 2.15. The number of anilines is 1. The number of hydrogen-bond acceptors (Lipinski definition) is 3. The standard InChI is InChI=1S/C14H19N3O2/c1-9(2)17(6-7-18)14(19)12-8-10-4-3-5-11(15)13(10)16-12/h3-5,8-9,16,18H,6-7,15H2,1-2H3. The molecule has 19 heavy (non-hydrogen) atoms. The van der Waals surface area contributed by atoms with Crippen LogP contribution < -0.4 is 5.73 Å². The molecule has 0 spiro atoms. The number of carbonyl (C=O) groups is 1. The van der Waals surface area contributed by atoms with Crippen molar-refractivity contribution in [3.8, 4) is 0 Å². The lowest BCUT2D eigenvalue weighted by atomic mass is 10.2. The normalized spacial score (nSPS) is 11.2. The van der Waals surface area contributed by atoms with E-state index in [-0.39, 0.29) is 18.6 Å². The van der Waals surface area contributed by atoms with Crippen molar-refractivity contribution in [1.82, 2.24) is 9.88 Å². The van der Waals surface area contributed by atoms with E-state index >= 15 is 0 Å². The Morgan fingerprint density at radius 1 is 1.47 bits per heavy atom. The molecule has 1 aromatic carbocycles. The van der Waals surface area contributed by atoms with Crippen LogP contribution in [0, 0.1) is 0 Å². The Hall–Kier alpha value is -2.01. The Balaban J connectivity index is 2.38. The molecular weight excluding hydrogens is 242 g/mol. The molecule has 5 heteroatoms. The maximum atomic E-state index is 12.4. The number of rotatable bonds is 4. The van der Waals surface area contributed by atoms with Crippen molar-refractivity contribution in [1.29, 1.82) is 0 Å². The molecule has 0 fully saturated rings. The average molecular weight is 261 g/mol. The number of aliphatic hydroxyl groups excluding tert-OH is 1. The highest BCUT2D eigenvalue weighted by Crippen LogP contribution is 2.22. The fourth-order valence-electron chi connectivity index (χ4n) is 2.15. The number of nitrogens with zero attached hydrogens (tertiary/aromatic N) is 1. The van der Waals surface area contributed by atoms with Gasteiger partial charge in [-0.3, -0.25) is 4.79 Å². The molecule has 0 aliphatic heterocycles. The maximum absolute atomic E-state index is 12.4. The van der Waals surface area contributed by atoms with E-state index in [0.29, 0.717) is 17.9 Å². The van der Waals surface area contributed by atoms with Gasteiger partial charge in [-0.1, -0.05) is 12.1 Å². The summed E-state index contributed by atoms with van der Waals surface area (Å²) in [7, 11) is 0. The largest absolute Gasteiger partial charge is 0.397 e. The molecule has 5 nitrogen and oxygen atoms in total. The van der Waals surface area contributed by atoms with E-state index in [1.807, 2.05) is 26.0 Å². The number of hydrogen-bond donors (Lipinski definition) is 3. The van der Waals surface area contributed by atoms with E-state index in [0.717, 1.165) is 10.9 Å². The van der Waals surface area contributed by atoms with Gasteiger partial charge in [-0.05, 0) is 26.0 Å². The third-order valence-corrected chi connectivity index (χ3v) is 3.14. The molecule has 2 rings (SSSR count). The van der Waals surface area contributed by atoms with E-state index < -0.39 is 0 Å². The summed E-state index contributed by atoms with van der Waals surface area (Å²) in [4.78, 5) is 17.1. The van der Waals surface area contributed by atoms with Crippen molar-refractivity contribution in [2.75, 3.05) is 18.9 Å². The second kappa shape index (κ2) is 5.32. The second-order valence-electron chi connectivity index (χ2n) is 4.81. The lowest BCUT2D eigenvalue weighted by Gasteiger charge is -2.25. The Kier molecular flexibility index (Phi) is 3.76. The number of H-pyrrole nitrogens is 1. The highest BCUT2D eigenvalue weighted by molar-refractivity contribution is 6.00. The maximum Gasteiger partial charge on any atom is 0.270 e. The first kappa shape index (κ1) is 13.4. The van der Waals surface area contributed by atoms with Gasteiger partial charge in [0.15, 0.2) is 0 Å². The Morgan fingerprint density at radius 2 is 2.21 bits per heavy atom. The molecule has 1 heterocycles. The number of carbonyl (C=O) groups excluding carboxylic acids is 1. The highest BCUT2D eigenvalue weighted by Gasteiger charge is 2.20. The zero-order chi connectivity index (χ0) is 14.0. The van der Waals surface area contributed by atoms with E-state index in [2.05, 4.69) is 4.98 Å². The van der Waals surface area contributed by atoms with Crippen molar-refractivity contribution in [3.63, 3.8) is 0 Å². The van der Waals surface area contributed by atoms with Crippen molar-refractivity contribution in [2.45, 2.75) is 19.9 Å². The summed E-state index contributed by atoms with van der Waals surface area (Å²) in [6, 6.07) is 7.38. The predicted octanol–water partition coefficient (Wildman–Crippen LogP) is 1.59. The van der Waals surface area contributed by atoms with Crippen molar-refractivity contribution >= 4 is 22.5 Å². The van der Waals surface area contributed by atoms with Crippen LogP contribution in [-0.2, 0) is 0 Å². The number of amides is 1. The quantitative estimate of drug-likeness (QED) is 0.731. The predicted molar refractivity (Wildman–Crippen MR) is 76.0 cm³/mol. The second-order valence-corrected chi connectivity index (χ2v) is 4.81. The highest BCUT2D eigenvalue weighted by atomic mass is 16.3. The summed E-state index contributed by atoms with van der Waals surface area (Å²) in [5.74, 6) is -0.125. The smallest absolute Gasteiger partial charge is 0.270 e. The van der Waals surface area contributed by atoms with Gasteiger partial charge in [0, 0.05) is 18.0 Å². The van der Waals surface area contributed by atoms with E-state index in [1.165, 1.54) is 0 Å². The van der Waals surface area contributed by atoms with Gasteiger partial charge in [-0.15, -0.1) is 0 Å². The number of nitrogens with one attached hydrogen (secondary N) is 1. The number of nitrogen functional groups attached to an aromatic ring is 1. The molecule has 0 saturated carbocycles. The number of aromatic nitrogens is 1. The van der Waals surface area contributed by atoms with Crippen LogP contribution in [0.1, 0.15) is 24.3 Å². The number of benzene rings is 1. The molecule has 0 bridgehead atoms. The van der Waals surface area contributed by atoms with Gasteiger partial charge in [-0.2, -0.15) is 0 Å². The first-order valence-electron chi connectivity index (χ1n) is 6.33. The molecule has 1 amide bonds. The van der Waals surface area contributed by atoms with Crippen LogP contribution >= 0.6 is 0 Å². The fraction of sp³-hybridized carbons (Fsp3) is 0.357. The minimum absolute atomic E-state index is 0.0309. The number of aliphatic hydroxyl groups is 1. The Labute approximate surface area is 112 Å². The van der Waals surface area contributed by atoms with Crippen LogP contribution in [0.25, 0.3) is 10.9 Å². The van der Waals surface area contributed by atoms with Crippen LogP contribution in [0.3, 0.4) is 0 Å². The average Bonchev–Trinajstić information content (AvgIpc) is 2.80. The molecule has 0 aliphatic rings. The minimum atomic E-state index is -0.125. The summed E-state index contributed by atoms with van der Waals surface area (Å²) in [6.07, 6.45) is 0. The summed E-state index contributed by atoms with van der Waals surface area (Å²) in [6.45, 7) is 4.11. The number of fused-ring (bicyclic) bond motifs is 1. The lowest BCUT2D eigenvalue weighted by Crippen LogP contribution is -2.39. The van der Waals surface area contributed by atoms with Crippen molar-refractivity contribution < 1.29 is 9.90 Å². The monoisotopic (exact) mass is 261 g/mol. The van der Waals surface area contributed by atoms with Crippen LogP contribution in [0.5, 0.6) is 0 Å². The van der Waals surface area contributed by atoms with Crippen LogP contribution in [0.2, 0.25) is 0 Å². The van der Waals surface area contributed by atoms with Gasteiger partial charge < -0.3 is 20.7 Å². The van der Waals surface area contributed by atoms with Gasteiger partial charge >= 0.3 is 0 Å². The van der Waals surface area contributed by atoms with E-state index in [1.54, 1.807) is 17.0 Å².